The second kappa shape index (κ2) is 5.24. The molecule has 2 fully saturated rings. The van der Waals surface area contributed by atoms with E-state index in [4.69, 9.17) is 27.9 Å². The van der Waals surface area contributed by atoms with Crippen LogP contribution in [0.3, 0.4) is 0 Å². The average Bonchev–Trinajstić information content (AvgIpc) is 2.87. The minimum absolute atomic E-state index is 0.352. The van der Waals surface area contributed by atoms with E-state index in [2.05, 4.69) is 9.88 Å². The van der Waals surface area contributed by atoms with E-state index < -0.39 is 0 Å². The molecule has 2 aliphatic rings. The maximum atomic E-state index is 6.06. The Balaban J connectivity index is 1.89. The minimum Gasteiger partial charge on any atom is -0.374 e. The molecule has 0 amide bonds. The van der Waals surface area contributed by atoms with Gasteiger partial charge in [-0.15, -0.1) is 11.6 Å². The Morgan fingerprint density at radius 2 is 2.28 bits per heavy atom. The van der Waals surface area contributed by atoms with Gasteiger partial charge in [0.25, 0.3) is 0 Å². The number of aromatic nitrogens is 1. The number of morpholine rings is 1. The average molecular weight is 287 g/mol. The summed E-state index contributed by atoms with van der Waals surface area (Å²) in [6, 6.07) is 4.34. The van der Waals surface area contributed by atoms with Gasteiger partial charge in [0.05, 0.1) is 35.3 Å². The highest BCUT2D eigenvalue weighted by Gasteiger charge is 2.36. The molecule has 2 unspecified atom stereocenters. The quantitative estimate of drug-likeness (QED) is 0.781. The lowest BCUT2D eigenvalue weighted by Gasteiger charge is -2.38. The second-order valence-electron chi connectivity index (χ2n) is 4.83. The second-order valence-corrected chi connectivity index (χ2v) is 5.51. The summed E-state index contributed by atoms with van der Waals surface area (Å²) in [5.74, 6) is 1.33. The number of nitrogens with zero attached hydrogens (tertiary/aromatic N) is 2. The van der Waals surface area contributed by atoms with Crippen molar-refractivity contribution in [1.29, 1.82) is 0 Å². The molecule has 3 rings (SSSR count). The van der Waals surface area contributed by atoms with Crippen molar-refractivity contribution < 1.29 is 4.74 Å². The molecule has 0 aromatic carbocycles. The molecular formula is C13H16Cl2N2O. The van der Waals surface area contributed by atoms with Gasteiger partial charge < -0.3 is 9.64 Å². The Hall–Kier alpha value is -0.510. The maximum Gasteiger partial charge on any atom is 0.129 e. The van der Waals surface area contributed by atoms with Gasteiger partial charge in [-0.05, 0) is 31.4 Å². The Morgan fingerprint density at radius 3 is 3.11 bits per heavy atom. The number of rotatable bonds is 2. The molecule has 5 heteroatoms. The lowest BCUT2D eigenvalue weighted by atomic mass is 10.1. The number of anilines is 1. The standard InChI is InChI=1S/C13H16Cl2N2O/c14-8-10-9(15)4-5-13(16-10)17-6-7-18-12-3-1-2-11(12)17/h4-5,11-12H,1-3,6-8H2. The maximum absolute atomic E-state index is 6.06. The summed E-state index contributed by atoms with van der Waals surface area (Å²) in [6.45, 7) is 1.68. The predicted molar refractivity (Wildman–Crippen MR) is 73.5 cm³/mol. The molecule has 98 valence electrons. The summed E-state index contributed by atoms with van der Waals surface area (Å²) < 4.78 is 5.81. The normalized spacial score (nSPS) is 27.3. The number of pyridine rings is 1. The van der Waals surface area contributed by atoms with Crippen LogP contribution < -0.4 is 4.90 Å². The molecule has 18 heavy (non-hydrogen) atoms. The van der Waals surface area contributed by atoms with E-state index in [1.54, 1.807) is 0 Å². The number of alkyl halides is 1. The van der Waals surface area contributed by atoms with Crippen molar-refractivity contribution in [2.24, 2.45) is 0 Å². The SMILES string of the molecule is ClCc1nc(N2CCOC3CCCC32)ccc1Cl. The Bertz CT molecular complexity index is 441. The summed E-state index contributed by atoms with van der Waals surface area (Å²) in [6.07, 6.45) is 3.96. The monoisotopic (exact) mass is 286 g/mol. The van der Waals surface area contributed by atoms with Gasteiger partial charge in [0, 0.05) is 6.54 Å². The highest BCUT2D eigenvalue weighted by molar-refractivity contribution is 6.32. The molecule has 0 N–H and O–H groups in total. The van der Waals surface area contributed by atoms with Crippen LogP contribution in [-0.2, 0) is 10.6 Å². The lowest BCUT2D eigenvalue weighted by molar-refractivity contribution is 0.0253. The van der Waals surface area contributed by atoms with Crippen LogP contribution >= 0.6 is 23.2 Å². The van der Waals surface area contributed by atoms with E-state index in [9.17, 15) is 0 Å². The molecule has 1 aliphatic heterocycles. The van der Waals surface area contributed by atoms with Crippen molar-refractivity contribution >= 4 is 29.0 Å². The van der Waals surface area contributed by atoms with Crippen LogP contribution in [0.4, 0.5) is 5.82 Å². The highest BCUT2D eigenvalue weighted by Crippen LogP contribution is 2.33. The van der Waals surface area contributed by atoms with Crippen LogP contribution in [0.5, 0.6) is 0 Å². The summed E-state index contributed by atoms with van der Waals surface area (Å²) in [4.78, 5) is 6.94. The van der Waals surface area contributed by atoms with E-state index >= 15 is 0 Å². The number of halogens is 2. The first-order chi connectivity index (χ1) is 8.79. The molecule has 0 spiro atoms. The topological polar surface area (TPSA) is 25.4 Å². The lowest BCUT2D eigenvalue weighted by Crippen LogP contribution is -2.49. The highest BCUT2D eigenvalue weighted by atomic mass is 35.5. The molecule has 1 saturated carbocycles. The van der Waals surface area contributed by atoms with Crippen LogP contribution in [0.15, 0.2) is 12.1 Å². The summed E-state index contributed by atoms with van der Waals surface area (Å²) in [7, 11) is 0. The Labute approximate surface area is 117 Å². The predicted octanol–water partition coefficient (Wildman–Crippen LogP) is 3.23. The third-order valence-electron chi connectivity index (χ3n) is 3.81. The van der Waals surface area contributed by atoms with Crippen LogP contribution in [0.2, 0.25) is 5.02 Å². The fourth-order valence-electron chi connectivity index (χ4n) is 2.94. The van der Waals surface area contributed by atoms with Crippen molar-refractivity contribution in [3.63, 3.8) is 0 Å². The van der Waals surface area contributed by atoms with Crippen LogP contribution in [-0.4, -0.2) is 30.3 Å². The van der Waals surface area contributed by atoms with Gasteiger partial charge in [-0.3, -0.25) is 0 Å². The van der Waals surface area contributed by atoms with E-state index in [-0.39, 0.29) is 0 Å². The zero-order valence-electron chi connectivity index (χ0n) is 10.1. The molecule has 2 atom stereocenters. The molecule has 1 aliphatic carbocycles. The molecular weight excluding hydrogens is 271 g/mol. The van der Waals surface area contributed by atoms with E-state index in [1.807, 2.05) is 12.1 Å². The number of hydrogen-bond donors (Lipinski definition) is 0. The Kier molecular flexibility index (Phi) is 3.64. The number of fused-ring (bicyclic) bond motifs is 1. The van der Waals surface area contributed by atoms with Crippen molar-refractivity contribution in [1.82, 2.24) is 4.98 Å². The molecule has 1 saturated heterocycles. The van der Waals surface area contributed by atoms with Gasteiger partial charge in [0.1, 0.15) is 5.82 Å². The Morgan fingerprint density at radius 1 is 1.39 bits per heavy atom. The first-order valence-corrected chi connectivity index (χ1v) is 7.30. The van der Waals surface area contributed by atoms with Gasteiger partial charge in [0.2, 0.25) is 0 Å². The molecule has 0 bridgehead atoms. The molecule has 3 nitrogen and oxygen atoms in total. The van der Waals surface area contributed by atoms with Crippen molar-refractivity contribution in [2.75, 3.05) is 18.1 Å². The molecule has 0 radical (unpaired) electrons. The number of ether oxygens (including phenoxy) is 1. The van der Waals surface area contributed by atoms with Gasteiger partial charge >= 0.3 is 0 Å². The largest absolute Gasteiger partial charge is 0.374 e. The third kappa shape index (κ3) is 2.20. The smallest absolute Gasteiger partial charge is 0.129 e. The molecule has 1 aromatic heterocycles. The van der Waals surface area contributed by atoms with Crippen molar-refractivity contribution in [2.45, 2.75) is 37.3 Å². The van der Waals surface area contributed by atoms with Crippen LogP contribution in [0, 0.1) is 0 Å². The minimum atomic E-state index is 0.352. The van der Waals surface area contributed by atoms with Gasteiger partial charge in [-0.2, -0.15) is 0 Å². The van der Waals surface area contributed by atoms with E-state index in [1.165, 1.54) is 12.8 Å². The van der Waals surface area contributed by atoms with Crippen molar-refractivity contribution in [3.8, 4) is 0 Å². The van der Waals surface area contributed by atoms with Crippen LogP contribution in [0.25, 0.3) is 0 Å². The summed E-state index contributed by atoms with van der Waals surface area (Å²) in [5.41, 5.74) is 0.761. The van der Waals surface area contributed by atoms with Crippen LogP contribution in [0.1, 0.15) is 25.0 Å². The third-order valence-corrected chi connectivity index (χ3v) is 4.40. The zero-order valence-corrected chi connectivity index (χ0v) is 11.6. The van der Waals surface area contributed by atoms with Crippen molar-refractivity contribution in [3.05, 3.63) is 22.8 Å². The first-order valence-electron chi connectivity index (χ1n) is 6.39. The van der Waals surface area contributed by atoms with E-state index in [0.29, 0.717) is 23.0 Å². The molecule has 2 heterocycles. The van der Waals surface area contributed by atoms with Gasteiger partial charge in [-0.25, -0.2) is 4.98 Å². The zero-order chi connectivity index (χ0) is 12.5. The van der Waals surface area contributed by atoms with Gasteiger partial charge in [0.15, 0.2) is 0 Å². The van der Waals surface area contributed by atoms with E-state index in [0.717, 1.165) is 31.1 Å². The fourth-order valence-corrected chi connectivity index (χ4v) is 3.38. The number of hydrogen-bond acceptors (Lipinski definition) is 3. The summed E-state index contributed by atoms with van der Waals surface area (Å²) >= 11 is 11.9. The first kappa shape index (κ1) is 12.5. The molecule has 1 aromatic rings. The fraction of sp³-hybridized carbons (Fsp3) is 0.615. The van der Waals surface area contributed by atoms with Gasteiger partial charge in [-0.1, -0.05) is 11.6 Å². The summed E-state index contributed by atoms with van der Waals surface area (Å²) in [5, 5.41) is 0.644.